The van der Waals surface area contributed by atoms with Crippen molar-refractivity contribution in [3.63, 3.8) is 0 Å². The van der Waals surface area contributed by atoms with Gasteiger partial charge in [-0.3, -0.25) is 9.48 Å². The fourth-order valence-corrected chi connectivity index (χ4v) is 2.33. The molecule has 0 spiro atoms. The van der Waals surface area contributed by atoms with Gasteiger partial charge in [-0.2, -0.15) is 5.10 Å². The molecule has 4 nitrogen and oxygen atoms in total. The first kappa shape index (κ1) is 14.3. The highest BCUT2D eigenvalue weighted by Crippen LogP contribution is 2.19. The van der Waals surface area contributed by atoms with Gasteiger partial charge in [0.1, 0.15) is 5.75 Å². The van der Waals surface area contributed by atoms with Crippen LogP contribution in [-0.4, -0.2) is 22.7 Å². The van der Waals surface area contributed by atoms with E-state index in [4.69, 9.17) is 4.74 Å². The molecule has 4 heteroatoms. The third-order valence-corrected chi connectivity index (χ3v) is 3.34. The molecular formula is C16H20N2O2. The molecule has 1 heterocycles. The minimum Gasteiger partial charge on any atom is -0.496 e. The van der Waals surface area contributed by atoms with E-state index in [-0.39, 0.29) is 5.78 Å². The van der Waals surface area contributed by atoms with E-state index in [0.717, 1.165) is 29.2 Å². The average Bonchev–Trinajstić information content (AvgIpc) is 2.78. The molecule has 0 atom stereocenters. The van der Waals surface area contributed by atoms with Crippen molar-refractivity contribution in [2.75, 3.05) is 7.11 Å². The highest BCUT2D eigenvalue weighted by molar-refractivity contribution is 5.97. The summed E-state index contributed by atoms with van der Waals surface area (Å²) in [5.74, 6) is 0.904. The quantitative estimate of drug-likeness (QED) is 0.786. The van der Waals surface area contributed by atoms with Gasteiger partial charge in [0, 0.05) is 17.8 Å². The summed E-state index contributed by atoms with van der Waals surface area (Å²) < 4.78 is 7.09. The van der Waals surface area contributed by atoms with Gasteiger partial charge >= 0.3 is 0 Å². The molecule has 0 bridgehead atoms. The number of aromatic nitrogens is 2. The summed E-state index contributed by atoms with van der Waals surface area (Å²) in [5.41, 5.74) is 3.59. The first-order chi connectivity index (χ1) is 9.55. The third kappa shape index (κ3) is 2.90. The van der Waals surface area contributed by atoms with E-state index < -0.39 is 0 Å². The van der Waals surface area contributed by atoms with E-state index in [1.54, 1.807) is 7.11 Å². The second kappa shape index (κ2) is 5.90. The van der Waals surface area contributed by atoms with Crippen LogP contribution in [0.2, 0.25) is 0 Å². The highest BCUT2D eigenvalue weighted by Gasteiger charge is 2.12. The Morgan fingerprint density at radius 2 is 2.05 bits per heavy atom. The molecule has 0 radical (unpaired) electrons. The Bertz CT molecular complexity index is 629. The van der Waals surface area contributed by atoms with E-state index in [9.17, 15) is 4.79 Å². The predicted molar refractivity (Wildman–Crippen MR) is 78.4 cm³/mol. The number of ketones is 1. The number of rotatable bonds is 5. The molecule has 0 aliphatic heterocycles. The number of ether oxygens (including phenoxy) is 1. The Hall–Kier alpha value is -2.10. The molecule has 0 aliphatic rings. The number of nitrogens with zero attached hydrogens (tertiary/aromatic N) is 2. The largest absolute Gasteiger partial charge is 0.496 e. The van der Waals surface area contributed by atoms with Crippen LogP contribution in [0.4, 0.5) is 0 Å². The van der Waals surface area contributed by atoms with Crippen LogP contribution in [0, 0.1) is 13.8 Å². The molecule has 1 aromatic carbocycles. The maximum atomic E-state index is 12.4. The molecule has 0 amide bonds. The van der Waals surface area contributed by atoms with Crippen LogP contribution in [0.5, 0.6) is 5.75 Å². The normalized spacial score (nSPS) is 10.6. The number of aryl methyl sites for hydroxylation is 3. The van der Waals surface area contributed by atoms with Crippen molar-refractivity contribution in [1.82, 2.24) is 9.78 Å². The van der Waals surface area contributed by atoms with Gasteiger partial charge in [0.2, 0.25) is 0 Å². The fraction of sp³-hybridized carbons (Fsp3) is 0.375. The van der Waals surface area contributed by atoms with Crippen molar-refractivity contribution in [2.24, 2.45) is 0 Å². The number of hydrogen-bond donors (Lipinski definition) is 0. The zero-order chi connectivity index (χ0) is 14.7. The van der Waals surface area contributed by atoms with Crippen molar-refractivity contribution in [3.8, 4) is 5.75 Å². The first-order valence-electron chi connectivity index (χ1n) is 6.76. The minimum absolute atomic E-state index is 0.102. The molecule has 0 N–H and O–H groups in total. The van der Waals surface area contributed by atoms with E-state index in [1.165, 1.54) is 0 Å². The fourth-order valence-electron chi connectivity index (χ4n) is 2.33. The smallest absolute Gasteiger partial charge is 0.168 e. The minimum atomic E-state index is 0.102. The molecule has 0 saturated heterocycles. The van der Waals surface area contributed by atoms with Gasteiger partial charge in [0.15, 0.2) is 5.78 Å². The summed E-state index contributed by atoms with van der Waals surface area (Å²) >= 11 is 0. The van der Waals surface area contributed by atoms with Crippen molar-refractivity contribution >= 4 is 5.78 Å². The molecule has 106 valence electrons. The van der Waals surface area contributed by atoms with Gasteiger partial charge in [-0.1, -0.05) is 0 Å². The number of benzene rings is 1. The number of Topliss-reactive ketones (excluding diaryl/α,β-unsaturated/α-hetero) is 1. The van der Waals surface area contributed by atoms with Gasteiger partial charge in [-0.25, -0.2) is 0 Å². The van der Waals surface area contributed by atoms with E-state index in [0.29, 0.717) is 12.0 Å². The number of carbonyl (C=O) groups is 1. The zero-order valence-electron chi connectivity index (χ0n) is 12.4. The zero-order valence-corrected chi connectivity index (χ0v) is 12.4. The van der Waals surface area contributed by atoms with Crippen LogP contribution in [-0.2, 0) is 13.0 Å². The van der Waals surface area contributed by atoms with Crippen molar-refractivity contribution in [3.05, 3.63) is 46.8 Å². The number of methoxy groups -OCH3 is 1. The summed E-state index contributed by atoms with van der Waals surface area (Å²) in [6.45, 7) is 6.68. The standard InChI is InChI=1S/C16H20N2O2/c1-5-18-14(9-12(3)17-18)10-15(19)13-6-7-16(20-4)11(2)8-13/h6-9H,5,10H2,1-4H3. The van der Waals surface area contributed by atoms with Gasteiger partial charge in [-0.05, 0) is 50.6 Å². The Balaban J connectivity index is 2.21. The Kier molecular flexibility index (Phi) is 4.23. The lowest BCUT2D eigenvalue weighted by Crippen LogP contribution is -2.10. The summed E-state index contributed by atoms with van der Waals surface area (Å²) in [6, 6.07) is 7.50. The topological polar surface area (TPSA) is 44.1 Å². The second-order valence-corrected chi connectivity index (χ2v) is 4.88. The Morgan fingerprint density at radius 1 is 1.30 bits per heavy atom. The molecule has 2 rings (SSSR count). The van der Waals surface area contributed by atoms with Gasteiger partial charge in [0.05, 0.1) is 19.2 Å². The first-order valence-corrected chi connectivity index (χ1v) is 6.76. The molecule has 1 aromatic heterocycles. The van der Waals surface area contributed by atoms with Crippen molar-refractivity contribution in [1.29, 1.82) is 0 Å². The molecule has 2 aromatic rings. The lowest BCUT2D eigenvalue weighted by Gasteiger charge is -2.07. The number of hydrogen-bond acceptors (Lipinski definition) is 3. The van der Waals surface area contributed by atoms with E-state index >= 15 is 0 Å². The van der Waals surface area contributed by atoms with Crippen LogP contribution in [0.25, 0.3) is 0 Å². The van der Waals surface area contributed by atoms with Crippen LogP contribution in [0.1, 0.15) is 34.2 Å². The summed E-state index contributed by atoms with van der Waals surface area (Å²) in [7, 11) is 1.63. The highest BCUT2D eigenvalue weighted by atomic mass is 16.5. The van der Waals surface area contributed by atoms with Gasteiger partial charge in [-0.15, -0.1) is 0 Å². The number of carbonyl (C=O) groups excluding carboxylic acids is 1. The monoisotopic (exact) mass is 272 g/mol. The van der Waals surface area contributed by atoms with Crippen molar-refractivity contribution in [2.45, 2.75) is 33.7 Å². The second-order valence-electron chi connectivity index (χ2n) is 4.88. The lowest BCUT2D eigenvalue weighted by atomic mass is 10.0. The van der Waals surface area contributed by atoms with Crippen LogP contribution in [0.3, 0.4) is 0 Å². The van der Waals surface area contributed by atoms with E-state index in [2.05, 4.69) is 5.10 Å². The summed E-state index contributed by atoms with van der Waals surface area (Å²) in [6.07, 6.45) is 0.375. The molecule has 0 fully saturated rings. The molecule has 20 heavy (non-hydrogen) atoms. The van der Waals surface area contributed by atoms with Gasteiger partial charge in [0.25, 0.3) is 0 Å². The van der Waals surface area contributed by atoms with Crippen molar-refractivity contribution < 1.29 is 9.53 Å². The molecule has 0 unspecified atom stereocenters. The Morgan fingerprint density at radius 3 is 2.65 bits per heavy atom. The maximum absolute atomic E-state index is 12.4. The van der Waals surface area contributed by atoms with Crippen LogP contribution < -0.4 is 4.74 Å². The maximum Gasteiger partial charge on any atom is 0.168 e. The molecular weight excluding hydrogens is 252 g/mol. The van der Waals surface area contributed by atoms with Gasteiger partial charge < -0.3 is 4.74 Å². The Labute approximate surface area is 119 Å². The lowest BCUT2D eigenvalue weighted by molar-refractivity contribution is 0.0990. The molecule has 0 saturated carbocycles. The summed E-state index contributed by atoms with van der Waals surface area (Å²) in [4.78, 5) is 12.4. The van der Waals surface area contributed by atoms with Crippen LogP contribution in [0.15, 0.2) is 24.3 Å². The molecule has 0 aliphatic carbocycles. The average molecular weight is 272 g/mol. The van der Waals surface area contributed by atoms with Crippen LogP contribution >= 0.6 is 0 Å². The third-order valence-electron chi connectivity index (χ3n) is 3.34. The van der Waals surface area contributed by atoms with E-state index in [1.807, 2.05) is 49.7 Å². The predicted octanol–water partition coefficient (Wildman–Crippen LogP) is 2.95. The SMILES string of the molecule is CCn1nc(C)cc1CC(=O)c1ccc(OC)c(C)c1. The summed E-state index contributed by atoms with van der Waals surface area (Å²) in [5, 5.41) is 4.37.